The molecule has 0 spiro atoms. The van der Waals surface area contributed by atoms with Gasteiger partial charge >= 0.3 is 5.97 Å². The first kappa shape index (κ1) is 24.3. The summed E-state index contributed by atoms with van der Waals surface area (Å²) in [6.07, 6.45) is 0.282. The molecule has 0 aliphatic carbocycles. The van der Waals surface area contributed by atoms with E-state index in [-0.39, 0.29) is 24.6 Å². The maximum atomic E-state index is 13.6. The molecule has 4 aromatic rings. The fourth-order valence-corrected chi connectivity index (χ4v) is 3.71. The van der Waals surface area contributed by atoms with Gasteiger partial charge in [0.1, 0.15) is 12.2 Å². The van der Waals surface area contributed by atoms with Gasteiger partial charge < -0.3 is 15.4 Å². The van der Waals surface area contributed by atoms with Crippen molar-refractivity contribution in [2.75, 3.05) is 17.7 Å². The number of carbonyl (C=O) groups is 3. The second-order valence-corrected chi connectivity index (χ2v) is 7.90. The number of nitrogens with one attached hydrogen (secondary N) is 2. The zero-order chi connectivity index (χ0) is 25.7. The fraction of sp³-hybridized carbons (Fsp3) is 0.148. The van der Waals surface area contributed by atoms with E-state index in [4.69, 9.17) is 0 Å². The number of amides is 2. The summed E-state index contributed by atoms with van der Waals surface area (Å²) in [5, 5.41) is 5.55. The minimum absolute atomic E-state index is 0.121. The van der Waals surface area contributed by atoms with Crippen molar-refractivity contribution in [1.29, 1.82) is 0 Å². The summed E-state index contributed by atoms with van der Waals surface area (Å²) in [7, 11) is 1.29. The largest absolute Gasteiger partial charge is 0.465 e. The van der Waals surface area contributed by atoms with Gasteiger partial charge in [-0.25, -0.2) is 9.78 Å². The molecule has 0 saturated heterocycles. The number of aromatic nitrogens is 2. The smallest absolute Gasteiger partial charge is 0.337 e. The second kappa shape index (κ2) is 10.6. The lowest BCUT2D eigenvalue weighted by atomic mass is 10.1. The van der Waals surface area contributed by atoms with Gasteiger partial charge in [-0.2, -0.15) is 0 Å². The number of hydrogen-bond acceptors (Lipinski definition) is 6. The van der Waals surface area contributed by atoms with E-state index in [2.05, 4.69) is 20.4 Å². The quantitative estimate of drug-likeness (QED) is 0.385. The van der Waals surface area contributed by atoms with E-state index in [0.29, 0.717) is 33.5 Å². The average molecular weight is 485 g/mol. The number of hydrogen-bond donors (Lipinski definition) is 2. The second-order valence-electron chi connectivity index (χ2n) is 7.90. The number of methoxy groups -OCH3 is 1. The number of nitrogens with zero attached hydrogens (tertiary/aromatic N) is 2. The fourth-order valence-electron chi connectivity index (χ4n) is 3.71. The normalized spacial score (nSPS) is 10.6. The Labute approximate surface area is 206 Å². The van der Waals surface area contributed by atoms with E-state index in [1.165, 1.54) is 23.8 Å². The highest BCUT2D eigenvalue weighted by atomic mass is 16.5. The van der Waals surface area contributed by atoms with Gasteiger partial charge in [0, 0.05) is 17.7 Å². The Kier molecular flexibility index (Phi) is 7.20. The van der Waals surface area contributed by atoms with Crippen LogP contribution in [-0.2, 0) is 20.9 Å². The first-order valence-corrected chi connectivity index (χ1v) is 11.3. The Morgan fingerprint density at radius 1 is 0.889 bits per heavy atom. The van der Waals surface area contributed by atoms with Crippen LogP contribution in [0.15, 0.2) is 77.6 Å². The SMILES string of the molecule is CCC(=O)Nc1ccccc1-c1nc2ccccc2n(CC(=O)Nc2ccc(C(=O)OC)cc2)c1=O. The molecule has 36 heavy (non-hydrogen) atoms. The molecule has 0 aliphatic rings. The van der Waals surface area contributed by atoms with Crippen LogP contribution >= 0.6 is 0 Å². The summed E-state index contributed by atoms with van der Waals surface area (Å²) in [5.74, 6) is -1.11. The van der Waals surface area contributed by atoms with Gasteiger partial charge in [0.05, 0.1) is 29.4 Å². The molecule has 0 bridgehead atoms. The van der Waals surface area contributed by atoms with Crippen LogP contribution in [0, 0.1) is 0 Å². The summed E-state index contributed by atoms with van der Waals surface area (Å²) in [4.78, 5) is 54.7. The molecule has 0 aliphatic heterocycles. The third kappa shape index (κ3) is 5.15. The first-order valence-electron chi connectivity index (χ1n) is 11.3. The Morgan fingerprint density at radius 2 is 1.58 bits per heavy atom. The molecule has 2 N–H and O–H groups in total. The van der Waals surface area contributed by atoms with E-state index in [1.54, 1.807) is 67.6 Å². The molecule has 2 amide bonds. The zero-order valence-electron chi connectivity index (χ0n) is 19.8. The van der Waals surface area contributed by atoms with Crippen LogP contribution in [0.1, 0.15) is 23.7 Å². The number of esters is 1. The van der Waals surface area contributed by atoms with Crippen LogP contribution in [0.2, 0.25) is 0 Å². The van der Waals surface area contributed by atoms with Crippen molar-refractivity contribution in [3.63, 3.8) is 0 Å². The molecule has 0 atom stereocenters. The van der Waals surface area contributed by atoms with Crippen molar-refractivity contribution in [3.8, 4) is 11.3 Å². The Balaban J connectivity index is 1.71. The molecular weight excluding hydrogens is 460 g/mol. The highest BCUT2D eigenvalue weighted by Crippen LogP contribution is 2.26. The Bertz CT molecular complexity index is 1510. The van der Waals surface area contributed by atoms with Crippen LogP contribution in [0.3, 0.4) is 0 Å². The molecule has 3 aromatic carbocycles. The van der Waals surface area contributed by atoms with Gasteiger partial charge in [0.2, 0.25) is 11.8 Å². The predicted molar refractivity (Wildman–Crippen MR) is 137 cm³/mol. The maximum absolute atomic E-state index is 13.6. The van der Waals surface area contributed by atoms with E-state index < -0.39 is 17.4 Å². The minimum Gasteiger partial charge on any atom is -0.465 e. The van der Waals surface area contributed by atoms with Gasteiger partial charge in [0.25, 0.3) is 5.56 Å². The molecule has 0 saturated carbocycles. The summed E-state index contributed by atoms with van der Waals surface area (Å²) >= 11 is 0. The molecule has 9 nitrogen and oxygen atoms in total. The van der Waals surface area contributed by atoms with Crippen molar-refractivity contribution in [2.24, 2.45) is 0 Å². The minimum atomic E-state index is -0.481. The standard InChI is InChI=1S/C27H24N4O5/c1-3-23(32)29-20-9-5-4-8-19(20)25-26(34)31(22-11-7-6-10-21(22)30-25)16-24(33)28-18-14-12-17(13-15-18)27(35)36-2/h4-15H,3,16H2,1-2H3,(H,28,33)(H,29,32). The molecule has 1 aromatic heterocycles. The van der Waals surface area contributed by atoms with Crippen LogP contribution < -0.4 is 16.2 Å². The van der Waals surface area contributed by atoms with Crippen LogP contribution in [0.4, 0.5) is 11.4 Å². The van der Waals surface area contributed by atoms with E-state index in [9.17, 15) is 19.2 Å². The van der Waals surface area contributed by atoms with E-state index >= 15 is 0 Å². The third-order valence-corrected chi connectivity index (χ3v) is 5.52. The highest BCUT2D eigenvalue weighted by molar-refractivity contribution is 5.96. The van der Waals surface area contributed by atoms with Gasteiger partial charge in [0.15, 0.2) is 0 Å². The van der Waals surface area contributed by atoms with Crippen LogP contribution in [0.5, 0.6) is 0 Å². The van der Waals surface area contributed by atoms with Crippen molar-refractivity contribution < 1.29 is 19.1 Å². The monoisotopic (exact) mass is 484 g/mol. The number of carbonyl (C=O) groups excluding carboxylic acids is 3. The number of fused-ring (bicyclic) bond motifs is 1. The summed E-state index contributed by atoms with van der Waals surface area (Å²) < 4.78 is 6.04. The van der Waals surface area contributed by atoms with Crippen LogP contribution in [0.25, 0.3) is 22.3 Å². The highest BCUT2D eigenvalue weighted by Gasteiger charge is 2.18. The summed E-state index contributed by atoms with van der Waals surface area (Å²) in [5.41, 5.74) is 2.42. The van der Waals surface area contributed by atoms with Crippen molar-refractivity contribution >= 4 is 40.2 Å². The molecular formula is C27H24N4O5. The Morgan fingerprint density at radius 3 is 2.31 bits per heavy atom. The van der Waals surface area contributed by atoms with Crippen molar-refractivity contribution in [3.05, 3.63) is 88.7 Å². The molecule has 1 heterocycles. The molecule has 4 rings (SSSR count). The number of anilines is 2. The lowest BCUT2D eigenvalue weighted by Crippen LogP contribution is -2.30. The molecule has 0 unspecified atom stereocenters. The third-order valence-electron chi connectivity index (χ3n) is 5.52. The molecule has 0 fully saturated rings. The average Bonchev–Trinajstić information content (AvgIpc) is 2.90. The van der Waals surface area contributed by atoms with Gasteiger partial charge in [-0.05, 0) is 42.5 Å². The molecule has 0 radical (unpaired) electrons. The maximum Gasteiger partial charge on any atom is 0.337 e. The summed E-state index contributed by atoms with van der Waals surface area (Å²) in [6.45, 7) is 1.47. The predicted octanol–water partition coefficient (Wildman–Crippen LogP) is 3.84. The van der Waals surface area contributed by atoms with Gasteiger partial charge in [-0.1, -0.05) is 37.3 Å². The number of ether oxygens (including phenoxy) is 1. The van der Waals surface area contributed by atoms with Gasteiger partial charge in [-0.3, -0.25) is 19.0 Å². The zero-order valence-corrected chi connectivity index (χ0v) is 19.8. The number of rotatable bonds is 7. The van der Waals surface area contributed by atoms with E-state index in [1.807, 2.05) is 0 Å². The first-order chi connectivity index (χ1) is 17.4. The lowest BCUT2D eigenvalue weighted by molar-refractivity contribution is -0.117. The van der Waals surface area contributed by atoms with Crippen molar-refractivity contribution in [2.45, 2.75) is 19.9 Å². The number of para-hydroxylation sites is 3. The number of benzene rings is 3. The summed E-state index contributed by atoms with van der Waals surface area (Å²) in [6, 6.07) is 20.2. The lowest BCUT2D eigenvalue weighted by Gasteiger charge is -2.15. The molecule has 182 valence electrons. The van der Waals surface area contributed by atoms with Gasteiger partial charge in [-0.15, -0.1) is 0 Å². The Hall–Kier alpha value is -4.79. The van der Waals surface area contributed by atoms with Crippen molar-refractivity contribution in [1.82, 2.24) is 9.55 Å². The topological polar surface area (TPSA) is 119 Å². The van der Waals surface area contributed by atoms with Crippen LogP contribution in [-0.4, -0.2) is 34.4 Å². The van der Waals surface area contributed by atoms with E-state index in [0.717, 1.165) is 0 Å². The molecule has 9 heteroatoms.